The van der Waals surface area contributed by atoms with Crippen LogP contribution >= 0.6 is 11.3 Å². The number of anilines is 1. The molecule has 1 aliphatic rings. The minimum absolute atomic E-state index is 0.0355. The van der Waals surface area contributed by atoms with E-state index in [9.17, 15) is 9.18 Å². The van der Waals surface area contributed by atoms with Gasteiger partial charge in [-0.05, 0) is 56.4 Å². The lowest BCUT2D eigenvalue weighted by atomic mass is 9.96. The fraction of sp³-hybridized carbons (Fsp3) is 0.391. The molecule has 1 N–H and O–H groups in total. The van der Waals surface area contributed by atoms with Crippen LogP contribution in [0.25, 0.3) is 10.2 Å². The number of aromatic nitrogens is 1. The molecule has 0 aliphatic carbocycles. The van der Waals surface area contributed by atoms with Gasteiger partial charge in [0, 0.05) is 19.1 Å². The summed E-state index contributed by atoms with van der Waals surface area (Å²) in [7, 11) is 0. The molecule has 2 unspecified atom stereocenters. The maximum absolute atomic E-state index is 13.5. The first kappa shape index (κ1) is 19.8. The first-order valence-electron chi connectivity index (χ1n) is 10.2. The Balaban J connectivity index is 1.34. The molecule has 1 amide bonds. The van der Waals surface area contributed by atoms with Crippen LogP contribution in [0.4, 0.5) is 9.52 Å². The monoisotopic (exact) mass is 411 g/mol. The van der Waals surface area contributed by atoms with Gasteiger partial charge in [0.25, 0.3) is 0 Å². The molecule has 3 aromatic rings. The van der Waals surface area contributed by atoms with E-state index in [1.165, 1.54) is 29.0 Å². The van der Waals surface area contributed by atoms with E-state index in [1.807, 2.05) is 18.2 Å². The van der Waals surface area contributed by atoms with E-state index >= 15 is 0 Å². The van der Waals surface area contributed by atoms with E-state index in [2.05, 4.69) is 34.3 Å². The first-order valence-corrected chi connectivity index (χ1v) is 11.1. The van der Waals surface area contributed by atoms with Crippen LogP contribution in [0.15, 0.2) is 48.5 Å². The number of nitrogens with one attached hydrogen (secondary N) is 1. The number of amides is 1. The van der Waals surface area contributed by atoms with Crippen molar-refractivity contribution < 1.29 is 9.18 Å². The number of piperidine rings is 1. The normalized spacial score (nSPS) is 18.0. The van der Waals surface area contributed by atoms with Crippen LogP contribution in [0.5, 0.6) is 0 Å². The van der Waals surface area contributed by atoms with E-state index in [-0.39, 0.29) is 23.7 Å². The van der Waals surface area contributed by atoms with Gasteiger partial charge in [0.15, 0.2) is 5.13 Å². The van der Waals surface area contributed by atoms with Crippen LogP contribution in [-0.4, -0.2) is 30.0 Å². The van der Waals surface area contributed by atoms with Crippen LogP contribution in [0.2, 0.25) is 0 Å². The largest absolute Gasteiger partial charge is 0.353 e. The van der Waals surface area contributed by atoms with Gasteiger partial charge in [-0.15, -0.1) is 0 Å². The summed E-state index contributed by atoms with van der Waals surface area (Å²) in [6, 6.07) is 15.2. The lowest BCUT2D eigenvalue weighted by Crippen LogP contribution is -2.45. The van der Waals surface area contributed by atoms with Gasteiger partial charge in [-0.3, -0.25) is 4.79 Å². The van der Waals surface area contributed by atoms with Crippen LogP contribution in [0.3, 0.4) is 0 Å². The van der Waals surface area contributed by atoms with Gasteiger partial charge in [0.2, 0.25) is 5.91 Å². The molecule has 0 radical (unpaired) electrons. The summed E-state index contributed by atoms with van der Waals surface area (Å²) in [6.07, 6.45) is 3.74. The predicted octanol–water partition coefficient (Wildman–Crippen LogP) is 4.79. The van der Waals surface area contributed by atoms with Gasteiger partial charge in [-0.1, -0.05) is 41.7 Å². The molecule has 1 fully saturated rings. The van der Waals surface area contributed by atoms with Gasteiger partial charge >= 0.3 is 0 Å². The van der Waals surface area contributed by atoms with Crippen molar-refractivity contribution in [3.63, 3.8) is 0 Å². The minimum atomic E-state index is -0.243. The van der Waals surface area contributed by atoms with Crippen molar-refractivity contribution in [2.24, 2.45) is 5.92 Å². The molecule has 0 bridgehead atoms. The van der Waals surface area contributed by atoms with Crippen molar-refractivity contribution in [1.29, 1.82) is 0 Å². The molecular weight excluding hydrogens is 385 g/mol. The predicted molar refractivity (Wildman–Crippen MR) is 117 cm³/mol. The molecule has 4 rings (SSSR count). The molecule has 2 atom stereocenters. The van der Waals surface area contributed by atoms with E-state index < -0.39 is 0 Å². The standard InChI is InChI=1S/C23H26FN3OS/c1-16(9-10-17-6-3-2-4-7-17)25-22(28)18-8-5-13-27(15-18)23-26-20-12-11-19(24)14-21(20)29-23/h2-4,6-7,11-12,14,16,18H,5,8-10,13,15H2,1H3,(H,25,28). The number of nitrogens with zero attached hydrogens (tertiary/aromatic N) is 2. The minimum Gasteiger partial charge on any atom is -0.353 e. The van der Waals surface area contributed by atoms with Crippen molar-refractivity contribution in [2.45, 2.75) is 38.6 Å². The molecule has 0 spiro atoms. The number of carbonyl (C=O) groups excluding carboxylic acids is 1. The zero-order valence-corrected chi connectivity index (χ0v) is 17.4. The third-order valence-electron chi connectivity index (χ3n) is 5.50. The summed E-state index contributed by atoms with van der Waals surface area (Å²) in [5, 5.41) is 4.07. The molecule has 152 valence electrons. The van der Waals surface area contributed by atoms with Gasteiger partial charge in [0.05, 0.1) is 16.1 Å². The number of halogens is 1. The summed E-state index contributed by atoms with van der Waals surface area (Å²) >= 11 is 1.49. The zero-order valence-electron chi connectivity index (χ0n) is 16.6. The van der Waals surface area contributed by atoms with E-state index in [0.717, 1.165) is 47.6 Å². The van der Waals surface area contributed by atoms with Crippen molar-refractivity contribution in [1.82, 2.24) is 10.3 Å². The Labute approximate surface area is 174 Å². The fourth-order valence-electron chi connectivity index (χ4n) is 3.85. The molecule has 6 heteroatoms. The molecule has 1 aliphatic heterocycles. The number of hydrogen-bond acceptors (Lipinski definition) is 4. The number of benzene rings is 2. The Kier molecular flexibility index (Phi) is 6.09. The Bertz CT molecular complexity index is 975. The lowest BCUT2D eigenvalue weighted by Gasteiger charge is -2.32. The molecule has 2 aromatic carbocycles. The van der Waals surface area contributed by atoms with Gasteiger partial charge in [-0.2, -0.15) is 0 Å². The molecule has 29 heavy (non-hydrogen) atoms. The van der Waals surface area contributed by atoms with Gasteiger partial charge < -0.3 is 10.2 Å². The third kappa shape index (κ3) is 4.93. The molecule has 0 saturated carbocycles. The molecule has 4 nitrogen and oxygen atoms in total. The second-order valence-corrected chi connectivity index (χ2v) is 8.84. The third-order valence-corrected chi connectivity index (χ3v) is 6.58. The van der Waals surface area contributed by atoms with Crippen molar-refractivity contribution in [3.05, 3.63) is 59.9 Å². The van der Waals surface area contributed by atoms with Crippen LogP contribution < -0.4 is 10.2 Å². The number of aryl methyl sites for hydroxylation is 1. The Hall–Kier alpha value is -2.47. The summed E-state index contributed by atoms with van der Waals surface area (Å²) in [4.78, 5) is 19.6. The average molecular weight is 412 g/mol. The van der Waals surface area contributed by atoms with Crippen LogP contribution in [0, 0.1) is 11.7 Å². The second kappa shape index (κ2) is 8.91. The Morgan fingerprint density at radius 1 is 1.31 bits per heavy atom. The molecule has 2 heterocycles. The highest BCUT2D eigenvalue weighted by molar-refractivity contribution is 7.22. The fourth-order valence-corrected chi connectivity index (χ4v) is 4.87. The number of fused-ring (bicyclic) bond motifs is 1. The van der Waals surface area contributed by atoms with Crippen molar-refractivity contribution in [2.75, 3.05) is 18.0 Å². The van der Waals surface area contributed by atoms with Crippen LogP contribution in [0.1, 0.15) is 31.7 Å². The quantitative estimate of drug-likeness (QED) is 0.634. The molecular formula is C23H26FN3OS. The topological polar surface area (TPSA) is 45.2 Å². The molecule has 1 aromatic heterocycles. The van der Waals surface area contributed by atoms with Gasteiger partial charge in [0.1, 0.15) is 5.82 Å². The highest BCUT2D eigenvalue weighted by atomic mass is 32.1. The van der Waals surface area contributed by atoms with Crippen molar-refractivity contribution >= 4 is 32.6 Å². The zero-order chi connectivity index (χ0) is 20.2. The highest BCUT2D eigenvalue weighted by Gasteiger charge is 2.28. The summed E-state index contributed by atoms with van der Waals surface area (Å²) in [6.45, 7) is 3.62. The maximum atomic E-state index is 13.5. The summed E-state index contributed by atoms with van der Waals surface area (Å²) < 4.78 is 14.3. The van der Waals surface area contributed by atoms with E-state index in [0.29, 0.717) is 6.54 Å². The number of carbonyl (C=O) groups is 1. The van der Waals surface area contributed by atoms with Crippen LogP contribution in [-0.2, 0) is 11.2 Å². The maximum Gasteiger partial charge on any atom is 0.225 e. The second-order valence-electron chi connectivity index (χ2n) is 7.83. The number of hydrogen-bond donors (Lipinski definition) is 1. The SMILES string of the molecule is CC(CCc1ccccc1)NC(=O)C1CCCN(c2nc3ccc(F)cc3s2)C1. The lowest BCUT2D eigenvalue weighted by molar-refractivity contribution is -0.125. The smallest absolute Gasteiger partial charge is 0.225 e. The summed E-state index contributed by atoms with van der Waals surface area (Å²) in [5.41, 5.74) is 2.11. The van der Waals surface area contributed by atoms with E-state index in [4.69, 9.17) is 0 Å². The number of thiazole rings is 1. The first-order chi connectivity index (χ1) is 14.1. The Morgan fingerprint density at radius 3 is 2.97 bits per heavy atom. The van der Waals surface area contributed by atoms with Crippen molar-refractivity contribution in [3.8, 4) is 0 Å². The van der Waals surface area contributed by atoms with E-state index in [1.54, 1.807) is 6.07 Å². The Morgan fingerprint density at radius 2 is 2.14 bits per heavy atom. The highest BCUT2D eigenvalue weighted by Crippen LogP contribution is 2.32. The number of rotatable bonds is 6. The summed E-state index contributed by atoms with van der Waals surface area (Å²) in [5.74, 6) is -0.151. The molecule has 1 saturated heterocycles. The average Bonchev–Trinajstić information content (AvgIpc) is 3.16. The van der Waals surface area contributed by atoms with Gasteiger partial charge in [-0.25, -0.2) is 9.37 Å².